The Balaban J connectivity index is 2.45. The molecule has 0 radical (unpaired) electrons. The lowest BCUT2D eigenvalue weighted by Gasteiger charge is -2.29. The van der Waals surface area contributed by atoms with Crippen molar-refractivity contribution in [2.24, 2.45) is 5.73 Å². The summed E-state index contributed by atoms with van der Waals surface area (Å²) >= 11 is 0. The van der Waals surface area contributed by atoms with Gasteiger partial charge in [-0.3, -0.25) is 4.79 Å². The second kappa shape index (κ2) is 4.94. The van der Waals surface area contributed by atoms with E-state index in [1.165, 1.54) is 0 Å². The van der Waals surface area contributed by atoms with E-state index in [1.807, 2.05) is 6.92 Å². The van der Waals surface area contributed by atoms with Crippen molar-refractivity contribution in [2.75, 3.05) is 20.2 Å². The third-order valence-electron chi connectivity index (χ3n) is 3.07. The molecule has 0 aliphatic carbocycles. The van der Waals surface area contributed by atoms with Crippen LogP contribution in [0.4, 0.5) is 0 Å². The zero-order valence-corrected chi connectivity index (χ0v) is 9.95. The zero-order chi connectivity index (χ0) is 11.5. The number of likely N-dealkylation sites (N-methyl/N-ethyl adjacent to an activating group) is 1. The first kappa shape index (κ1) is 12.5. The van der Waals surface area contributed by atoms with Crippen LogP contribution in [0.25, 0.3) is 0 Å². The standard InChI is InChI=1S/C11H22N2O2/c1-4-11(2,12)10(14)13(3)8-9-6-5-7-15-9/h9H,4-8,12H2,1-3H3. The normalized spacial score (nSPS) is 24.9. The summed E-state index contributed by atoms with van der Waals surface area (Å²) in [5.41, 5.74) is 5.16. The Bertz CT molecular complexity index is 223. The molecule has 2 unspecified atom stereocenters. The Hall–Kier alpha value is -0.610. The molecule has 0 saturated carbocycles. The van der Waals surface area contributed by atoms with Crippen LogP contribution in [0.15, 0.2) is 0 Å². The highest BCUT2D eigenvalue weighted by Gasteiger charge is 2.30. The van der Waals surface area contributed by atoms with E-state index in [4.69, 9.17) is 10.5 Å². The van der Waals surface area contributed by atoms with Gasteiger partial charge in [-0.1, -0.05) is 6.92 Å². The summed E-state index contributed by atoms with van der Waals surface area (Å²) in [5.74, 6) is 0.000463. The van der Waals surface area contributed by atoms with Crippen molar-refractivity contribution < 1.29 is 9.53 Å². The third-order valence-corrected chi connectivity index (χ3v) is 3.07. The molecule has 0 bridgehead atoms. The van der Waals surface area contributed by atoms with E-state index in [9.17, 15) is 4.79 Å². The second-order valence-electron chi connectivity index (χ2n) is 4.59. The molecule has 1 aliphatic heterocycles. The van der Waals surface area contributed by atoms with Gasteiger partial charge in [-0.15, -0.1) is 0 Å². The molecule has 4 nitrogen and oxygen atoms in total. The summed E-state index contributed by atoms with van der Waals surface area (Å²) < 4.78 is 5.49. The maximum Gasteiger partial charge on any atom is 0.242 e. The number of hydrogen-bond donors (Lipinski definition) is 1. The SMILES string of the molecule is CCC(C)(N)C(=O)N(C)CC1CCCO1. The van der Waals surface area contributed by atoms with E-state index in [0.29, 0.717) is 13.0 Å². The van der Waals surface area contributed by atoms with Crippen molar-refractivity contribution in [3.63, 3.8) is 0 Å². The Kier molecular flexibility index (Phi) is 4.11. The number of ether oxygens (including phenoxy) is 1. The molecular formula is C11H22N2O2. The molecule has 0 aromatic rings. The van der Waals surface area contributed by atoms with E-state index in [1.54, 1.807) is 18.9 Å². The molecule has 2 N–H and O–H groups in total. The summed E-state index contributed by atoms with van der Waals surface area (Å²) in [6.45, 7) is 5.19. The van der Waals surface area contributed by atoms with Crippen LogP contribution in [0, 0.1) is 0 Å². The van der Waals surface area contributed by atoms with Crippen LogP contribution in [-0.4, -0.2) is 42.6 Å². The fourth-order valence-corrected chi connectivity index (χ4v) is 1.76. The van der Waals surface area contributed by atoms with Gasteiger partial charge in [0, 0.05) is 20.2 Å². The Morgan fingerprint density at radius 3 is 2.80 bits per heavy atom. The number of carbonyl (C=O) groups is 1. The van der Waals surface area contributed by atoms with Crippen LogP contribution < -0.4 is 5.73 Å². The Morgan fingerprint density at radius 2 is 2.33 bits per heavy atom. The van der Waals surface area contributed by atoms with Crippen LogP contribution in [-0.2, 0) is 9.53 Å². The van der Waals surface area contributed by atoms with Gasteiger partial charge in [-0.25, -0.2) is 0 Å². The number of nitrogens with zero attached hydrogens (tertiary/aromatic N) is 1. The van der Waals surface area contributed by atoms with E-state index in [-0.39, 0.29) is 12.0 Å². The van der Waals surface area contributed by atoms with E-state index in [0.717, 1.165) is 19.4 Å². The topological polar surface area (TPSA) is 55.6 Å². The minimum Gasteiger partial charge on any atom is -0.376 e. The lowest BCUT2D eigenvalue weighted by atomic mass is 9.98. The predicted octanol–water partition coefficient (Wildman–Crippen LogP) is 0.751. The zero-order valence-electron chi connectivity index (χ0n) is 9.95. The Morgan fingerprint density at radius 1 is 1.67 bits per heavy atom. The van der Waals surface area contributed by atoms with Crippen molar-refractivity contribution in [3.05, 3.63) is 0 Å². The average molecular weight is 214 g/mol. The lowest BCUT2D eigenvalue weighted by molar-refractivity contribution is -0.136. The molecule has 1 amide bonds. The monoisotopic (exact) mass is 214 g/mol. The number of rotatable bonds is 4. The summed E-state index contributed by atoms with van der Waals surface area (Å²) in [6.07, 6.45) is 3.00. The molecule has 0 aromatic carbocycles. The fourth-order valence-electron chi connectivity index (χ4n) is 1.76. The van der Waals surface area contributed by atoms with E-state index >= 15 is 0 Å². The number of nitrogens with two attached hydrogens (primary N) is 1. The average Bonchev–Trinajstić information content (AvgIpc) is 2.69. The molecule has 1 heterocycles. The van der Waals surface area contributed by atoms with Gasteiger partial charge in [-0.05, 0) is 26.2 Å². The van der Waals surface area contributed by atoms with Gasteiger partial charge in [0.15, 0.2) is 0 Å². The fraction of sp³-hybridized carbons (Fsp3) is 0.909. The lowest BCUT2D eigenvalue weighted by Crippen LogP contribution is -2.53. The van der Waals surface area contributed by atoms with Crippen molar-refractivity contribution in [1.29, 1.82) is 0 Å². The van der Waals surface area contributed by atoms with Gasteiger partial charge >= 0.3 is 0 Å². The quantitative estimate of drug-likeness (QED) is 0.751. The van der Waals surface area contributed by atoms with E-state index in [2.05, 4.69) is 0 Å². The second-order valence-corrected chi connectivity index (χ2v) is 4.59. The van der Waals surface area contributed by atoms with Gasteiger partial charge in [0.1, 0.15) is 0 Å². The van der Waals surface area contributed by atoms with Gasteiger partial charge < -0.3 is 15.4 Å². The largest absolute Gasteiger partial charge is 0.376 e. The molecule has 1 saturated heterocycles. The molecule has 1 fully saturated rings. The molecule has 88 valence electrons. The van der Waals surface area contributed by atoms with Crippen molar-refractivity contribution in [1.82, 2.24) is 4.90 Å². The number of amides is 1. The molecule has 0 spiro atoms. The van der Waals surface area contributed by atoms with Crippen molar-refractivity contribution in [3.8, 4) is 0 Å². The molecular weight excluding hydrogens is 192 g/mol. The van der Waals surface area contributed by atoms with Gasteiger partial charge in [0.05, 0.1) is 11.6 Å². The highest BCUT2D eigenvalue weighted by molar-refractivity contribution is 5.85. The highest BCUT2D eigenvalue weighted by atomic mass is 16.5. The number of carbonyl (C=O) groups excluding carboxylic acids is 1. The van der Waals surface area contributed by atoms with Crippen LogP contribution >= 0.6 is 0 Å². The number of hydrogen-bond acceptors (Lipinski definition) is 3. The van der Waals surface area contributed by atoms with Gasteiger partial charge in [0.25, 0.3) is 0 Å². The molecule has 2 atom stereocenters. The van der Waals surface area contributed by atoms with Crippen molar-refractivity contribution >= 4 is 5.91 Å². The van der Waals surface area contributed by atoms with Crippen LogP contribution in [0.1, 0.15) is 33.1 Å². The minimum absolute atomic E-state index is 0.000463. The minimum atomic E-state index is -0.743. The summed E-state index contributed by atoms with van der Waals surface area (Å²) in [6, 6.07) is 0. The van der Waals surface area contributed by atoms with Crippen LogP contribution in [0.3, 0.4) is 0 Å². The summed E-state index contributed by atoms with van der Waals surface area (Å²) in [5, 5.41) is 0. The first-order chi connectivity index (χ1) is 6.97. The molecule has 4 heteroatoms. The first-order valence-corrected chi connectivity index (χ1v) is 5.63. The molecule has 1 rings (SSSR count). The maximum absolute atomic E-state index is 11.9. The van der Waals surface area contributed by atoms with Crippen molar-refractivity contribution in [2.45, 2.75) is 44.8 Å². The first-order valence-electron chi connectivity index (χ1n) is 5.63. The summed E-state index contributed by atoms with van der Waals surface area (Å²) in [7, 11) is 1.80. The molecule has 0 aromatic heterocycles. The summed E-state index contributed by atoms with van der Waals surface area (Å²) in [4.78, 5) is 13.6. The van der Waals surface area contributed by atoms with Crippen LogP contribution in [0.5, 0.6) is 0 Å². The molecule has 15 heavy (non-hydrogen) atoms. The third kappa shape index (κ3) is 3.18. The van der Waals surface area contributed by atoms with Gasteiger partial charge in [-0.2, -0.15) is 0 Å². The van der Waals surface area contributed by atoms with Gasteiger partial charge in [0.2, 0.25) is 5.91 Å². The maximum atomic E-state index is 11.9. The highest BCUT2D eigenvalue weighted by Crippen LogP contribution is 2.15. The predicted molar refractivity (Wildman–Crippen MR) is 59.5 cm³/mol. The smallest absolute Gasteiger partial charge is 0.242 e. The van der Waals surface area contributed by atoms with E-state index < -0.39 is 5.54 Å². The Labute approximate surface area is 91.8 Å². The molecule has 1 aliphatic rings. The van der Waals surface area contributed by atoms with Crippen LogP contribution in [0.2, 0.25) is 0 Å².